The van der Waals surface area contributed by atoms with E-state index in [4.69, 9.17) is 5.73 Å². The molecule has 0 radical (unpaired) electrons. The predicted molar refractivity (Wildman–Crippen MR) is 75.3 cm³/mol. The van der Waals surface area contributed by atoms with Gasteiger partial charge in [0.1, 0.15) is 5.82 Å². The quantitative estimate of drug-likeness (QED) is 0.918. The highest BCUT2D eigenvalue weighted by Gasteiger charge is 2.15. The normalized spacial score (nSPS) is 12.2. The molecule has 0 amide bonds. The molecule has 1 heterocycles. The highest BCUT2D eigenvalue weighted by Crippen LogP contribution is 2.28. The van der Waals surface area contributed by atoms with E-state index in [1.165, 1.54) is 6.07 Å². The van der Waals surface area contributed by atoms with Crippen molar-refractivity contribution in [3.63, 3.8) is 0 Å². The number of pyridine rings is 1. The van der Waals surface area contributed by atoms with Crippen molar-refractivity contribution in [1.82, 2.24) is 4.98 Å². The van der Waals surface area contributed by atoms with Crippen LogP contribution in [0, 0.1) is 5.82 Å². The first kappa shape index (κ1) is 13.5. The lowest BCUT2D eigenvalue weighted by Gasteiger charge is -2.24. The molecule has 0 saturated heterocycles. The lowest BCUT2D eigenvalue weighted by atomic mass is 10.1. The third-order valence-electron chi connectivity index (χ3n) is 3.02. The summed E-state index contributed by atoms with van der Waals surface area (Å²) in [5, 5.41) is 0. The van der Waals surface area contributed by atoms with E-state index in [9.17, 15) is 4.39 Å². The summed E-state index contributed by atoms with van der Waals surface area (Å²) in [7, 11) is 1.85. The Bertz CT molecular complexity index is 540. The van der Waals surface area contributed by atoms with E-state index in [0.29, 0.717) is 12.2 Å². The fraction of sp³-hybridized carbons (Fsp3) is 0.267. The number of para-hydroxylation sites is 1. The van der Waals surface area contributed by atoms with Crippen LogP contribution in [0.15, 0.2) is 42.6 Å². The fourth-order valence-electron chi connectivity index (χ4n) is 2.12. The summed E-state index contributed by atoms with van der Waals surface area (Å²) in [6.45, 7) is 2.40. The first-order valence-corrected chi connectivity index (χ1v) is 6.24. The Hall–Kier alpha value is -1.94. The van der Waals surface area contributed by atoms with Crippen molar-refractivity contribution in [3.05, 3.63) is 59.7 Å². The van der Waals surface area contributed by atoms with Gasteiger partial charge >= 0.3 is 0 Å². The summed E-state index contributed by atoms with van der Waals surface area (Å²) in [4.78, 5) is 6.10. The number of anilines is 1. The maximum Gasteiger partial charge on any atom is 0.146 e. The number of nitrogens with two attached hydrogens (primary N) is 1. The molecule has 4 heteroatoms. The summed E-state index contributed by atoms with van der Waals surface area (Å²) in [5.74, 6) is -0.256. The molecule has 3 nitrogen and oxygen atoms in total. The van der Waals surface area contributed by atoms with E-state index in [-0.39, 0.29) is 11.9 Å². The molecule has 1 aromatic heterocycles. The van der Waals surface area contributed by atoms with Crippen molar-refractivity contribution < 1.29 is 4.39 Å². The van der Waals surface area contributed by atoms with E-state index >= 15 is 0 Å². The van der Waals surface area contributed by atoms with Crippen LogP contribution in [0.1, 0.15) is 24.2 Å². The standard InChI is InChI=1S/C15H18FN3/c1-11(17)13-7-5-8-14(16)15(13)19(2)10-12-6-3-4-9-18-12/h3-9,11H,10,17H2,1-2H3. The minimum absolute atomic E-state index is 0.211. The lowest BCUT2D eigenvalue weighted by molar-refractivity contribution is 0.615. The van der Waals surface area contributed by atoms with Crippen molar-refractivity contribution >= 4 is 5.69 Å². The van der Waals surface area contributed by atoms with Gasteiger partial charge < -0.3 is 10.6 Å². The maximum absolute atomic E-state index is 14.0. The number of halogens is 1. The number of hydrogen-bond acceptors (Lipinski definition) is 3. The first-order chi connectivity index (χ1) is 9.09. The second kappa shape index (κ2) is 5.80. The molecule has 0 aliphatic heterocycles. The second-order valence-electron chi connectivity index (χ2n) is 4.64. The van der Waals surface area contributed by atoms with E-state index in [2.05, 4.69) is 4.98 Å². The average molecular weight is 259 g/mol. The summed E-state index contributed by atoms with van der Waals surface area (Å²) >= 11 is 0. The molecule has 0 spiro atoms. The molecule has 0 fully saturated rings. The molecule has 1 atom stereocenters. The van der Waals surface area contributed by atoms with Gasteiger partial charge in [-0.2, -0.15) is 0 Å². The zero-order valence-corrected chi connectivity index (χ0v) is 11.2. The topological polar surface area (TPSA) is 42.1 Å². The van der Waals surface area contributed by atoms with Gasteiger partial charge in [0, 0.05) is 19.3 Å². The zero-order valence-electron chi connectivity index (χ0n) is 11.2. The first-order valence-electron chi connectivity index (χ1n) is 6.24. The van der Waals surface area contributed by atoms with Crippen LogP contribution in [-0.2, 0) is 6.54 Å². The van der Waals surface area contributed by atoms with Gasteiger partial charge in [-0.1, -0.05) is 18.2 Å². The Labute approximate surface area is 112 Å². The van der Waals surface area contributed by atoms with Gasteiger partial charge in [0.05, 0.1) is 17.9 Å². The van der Waals surface area contributed by atoms with Crippen molar-refractivity contribution in [2.75, 3.05) is 11.9 Å². The third kappa shape index (κ3) is 3.09. The molecule has 2 N–H and O–H groups in total. The van der Waals surface area contributed by atoms with E-state index < -0.39 is 0 Å². The summed E-state index contributed by atoms with van der Waals surface area (Å²) in [5.41, 5.74) is 8.15. The molecule has 0 aliphatic rings. The molecule has 19 heavy (non-hydrogen) atoms. The molecule has 1 unspecified atom stereocenters. The maximum atomic E-state index is 14.0. The molecule has 2 rings (SSSR count). The molecule has 0 bridgehead atoms. The number of nitrogens with zero attached hydrogens (tertiary/aromatic N) is 2. The second-order valence-corrected chi connectivity index (χ2v) is 4.64. The number of rotatable bonds is 4. The number of benzene rings is 1. The smallest absolute Gasteiger partial charge is 0.146 e. The number of hydrogen-bond donors (Lipinski definition) is 1. The zero-order chi connectivity index (χ0) is 13.8. The molecule has 0 saturated carbocycles. The van der Waals surface area contributed by atoms with Gasteiger partial charge in [-0.25, -0.2) is 4.39 Å². The SMILES string of the molecule is CC(N)c1cccc(F)c1N(C)Cc1ccccn1. The van der Waals surface area contributed by atoms with Crippen LogP contribution in [-0.4, -0.2) is 12.0 Å². The van der Waals surface area contributed by atoms with Crippen molar-refractivity contribution in [2.45, 2.75) is 19.5 Å². The summed E-state index contributed by atoms with van der Waals surface area (Å²) in [6.07, 6.45) is 1.73. The van der Waals surface area contributed by atoms with E-state index in [1.54, 1.807) is 12.3 Å². The monoisotopic (exact) mass is 259 g/mol. The van der Waals surface area contributed by atoms with Crippen molar-refractivity contribution in [2.24, 2.45) is 5.73 Å². The Balaban J connectivity index is 2.31. The molecule has 1 aromatic carbocycles. The Morgan fingerprint density at radius 3 is 2.68 bits per heavy atom. The minimum atomic E-state index is -0.256. The molecule has 100 valence electrons. The lowest BCUT2D eigenvalue weighted by Crippen LogP contribution is -2.22. The minimum Gasteiger partial charge on any atom is -0.366 e. The van der Waals surface area contributed by atoms with E-state index in [1.807, 2.05) is 43.1 Å². The van der Waals surface area contributed by atoms with Crippen LogP contribution in [0.25, 0.3) is 0 Å². The Morgan fingerprint density at radius 1 is 1.26 bits per heavy atom. The predicted octanol–water partition coefficient (Wildman–Crippen LogP) is 2.88. The molecule has 0 aliphatic carbocycles. The molecular weight excluding hydrogens is 241 g/mol. The highest BCUT2D eigenvalue weighted by molar-refractivity contribution is 5.55. The highest BCUT2D eigenvalue weighted by atomic mass is 19.1. The van der Waals surface area contributed by atoms with Crippen LogP contribution >= 0.6 is 0 Å². The van der Waals surface area contributed by atoms with Gasteiger partial charge in [-0.15, -0.1) is 0 Å². The fourth-order valence-corrected chi connectivity index (χ4v) is 2.12. The number of aromatic nitrogens is 1. The average Bonchev–Trinajstić information content (AvgIpc) is 2.39. The molecule has 2 aromatic rings. The van der Waals surface area contributed by atoms with Crippen LogP contribution in [0.3, 0.4) is 0 Å². The summed E-state index contributed by atoms with van der Waals surface area (Å²) in [6, 6.07) is 10.5. The molecular formula is C15H18FN3. The van der Waals surface area contributed by atoms with Crippen molar-refractivity contribution in [1.29, 1.82) is 0 Å². The van der Waals surface area contributed by atoms with Crippen LogP contribution in [0.5, 0.6) is 0 Å². The van der Waals surface area contributed by atoms with Gasteiger partial charge in [-0.05, 0) is 30.7 Å². The van der Waals surface area contributed by atoms with Crippen LogP contribution in [0.2, 0.25) is 0 Å². The van der Waals surface area contributed by atoms with E-state index in [0.717, 1.165) is 11.3 Å². The van der Waals surface area contributed by atoms with Crippen LogP contribution in [0.4, 0.5) is 10.1 Å². The Kier molecular flexibility index (Phi) is 4.12. The van der Waals surface area contributed by atoms with Crippen molar-refractivity contribution in [3.8, 4) is 0 Å². The summed E-state index contributed by atoms with van der Waals surface area (Å²) < 4.78 is 14.0. The third-order valence-corrected chi connectivity index (χ3v) is 3.02. The largest absolute Gasteiger partial charge is 0.366 e. The van der Waals surface area contributed by atoms with Gasteiger partial charge in [0.25, 0.3) is 0 Å². The van der Waals surface area contributed by atoms with Gasteiger partial charge in [0.15, 0.2) is 0 Å². The Morgan fingerprint density at radius 2 is 2.05 bits per heavy atom. The van der Waals surface area contributed by atoms with Crippen LogP contribution < -0.4 is 10.6 Å². The van der Waals surface area contributed by atoms with Gasteiger partial charge in [0.2, 0.25) is 0 Å². The van der Waals surface area contributed by atoms with Gasteiger partial charge in [-0.3, -0.25) is 4.98 Å².